The van der Waals surface area contributed by atoms with Crippen LogP contribution in [0.5, 0.6) is 0 Å². The lowest BCUT2D eigenvalue weighted by molar-refractivity contribution is 0.528. The SMILES string of the molecule is CCCNC(Cc1ccc(F)cc1)c1cc(Cl)ccc1Cl. The monoisotopic (exact) mass is 325 g/mol. The molecule has 4 heteroatoms. The largest absolute Gasteiger partial charge is 0.310 e. The van der Waals surface area contributed by atoms with Crippen LogP contribution in [0, 0.1) is 5.82 Å². The van der Waals surface area contributed by atoms with Gasteiger partial charge < -0.3 is 5.32 Å². The van der Waals surface area contributed by atoms with E-state index in [4.69, 9.17) is 23.2 Å². The summed E-state index contributed by atoms with van der Waals surface area (Å²) in [5, 5.41) is 4.83. The third-order valence-corrected chi connectivity index (χ3v) is 3.91. The summed E-state index contributed by atoms with van der Waals surface area (Å²) in [5.74, 6) is -0.224. The van der Waals surface area contributed by atoms with Gasteiger partial charge in [0.15, 0.2) is 0 Å². The minimum Gasteiger partial charge on any atom is -0.310 e. The van der Waals surface area contributed by atoms with Crippen molar-refractivity contribution in [3.8, 4) is 0 Å². The Morgan fingerprint density at radius 3 is 2.48 bits per heavy atom. The first-order valence-electron chi connectivity index (χ1n) is 7.03. The van der Waals surface area contributed by atoms with Crippen molar-refractivity contribution in [2.75, 3.05) is 6.54 Å². The smallest absolute Gasteiger partial charge is 0.123 e. The summed E-state index contributed by atoms with van der Waals surface area (Å²) in [4.78, 5) is 0. The van der Waals surface area contributed by atoms with Gasteiger partial charge in [-0.2, -0.15) is 0 Å². The van der Waals surface area contributed by atoms with Crippen molar-refractivity contribution in [3.05, 3.63) is 69.5 Å². The van der Waals surface area contributed by atoms with E-state index in [0.29, 0.717) is 10.0 Å². The maximum atomic E-state index is 13.0. The number of hydrogen-bond donors (Lipinski definition) is 1. The van der Waals surface area contributed by atoms with Gasteiger partial charge in [-0.15, -0.1) is 0 Å². The number of rotatable bonds is 6. The van der Waals surface area contributed by atoms with E-state index in [1.54, 1.807) is 18.2 Å². The van der Waals surface area contributed by atoms with E-state index in [9.17, 15) is 4.39 Å². The highest BCUT2D eigenvalue weighted by Crippen LogP contribution is 2.28. The second-order valence-electron chi connectivity index (χ2n) is 5.00. The van der Waals surface area contributed by atoms with E-state index in [2.05, 4.69) is 12.2 Å². The van der Waals surface area contributed by atoms with Crippen LogP contribution in [0.25, 0.3) is 0 Å². The van der Waals surface area contributed by atoms with Crippen LogP contribution in [0.1, 0.15) is 30.5 Å². The molecule has 0 heterocycles. The van der Waals surface area contributed by atoms with E-state index in [0.717, 1.165) is 30.5 Å². The van der Waals surface area contributed by atoms with Crippen LogP contribution < -0.4 is 5.32 Å². The van der Waals surface area contributed by atoms with Crippen molar-refractivity contribution in [1.29, 1.82) is 0 Å². The summed E-state index contributed by atoms with van der Waals surface area (Å²) in [6, 6.07) is 12.1. The van der Waals surface area contributed by atoms with E-state index in [1.165, 1.54) is 12.1 Å². The quantitative estimate of drug-likeness (QED) is 0.748. The van der Waals surface area contributed by atoms with Crippen molar-refractivity contribution in [2.24, 2.45) is 0 Å². The van der Waals surface area contributed by atoms with E-state index in [-0.39, 0.29) is 11.9 Å². The third kappa shape index (κ3) is 4.70. The van der Waals surface area contributed by atoms with Crippen LogP contribution in [-0.2, 0) is 6.42 Å². The summed E-state index contributed by atoms with van der Waals surface area (Å²) in [7, 11) is 0. The third-order valence-electron chi connectivity index (χ3n) is 3.33. The van der Waals surface area contributed by atoms with E-state index in [1.807, 2.05) is 12.1 Å². The van der Waals surface area contributed by atoms with Gasteiger partial charge >= 0.3 is 0 Å². The molecule has 0 aliphatic rings. The molecule has 0 fully saturated rings. The average molecular weight is 326 g/mol. The van der Waals surface area contributed by atoms with Gasteiger partial charge in [-0.1, -0.05) is 42.3 Å². The normalized spacial score (nSPS) is 12.4. The second kappa shape index (κ2) is 7.79. The molecule has 0 aromatic heterocycles. The predicted molar refractivity (Wildman–Crippen MR) is 87.6 cm³/mol. The Labute approximate surface area is 135 Å². The Balaban J connectivity index is 2.25. The molecule has 1 N–H and O–H groups in total. The minimum absolute atomic E-state index is 0.0570. The molecule has 2 aromatic rings. The first-order valence-corrected chi connectivity index (χ1v) is 7.78. The maximum Gasteiger partial charge on any atom is 0.123 e. The lowest BCUT2D eigenvalue weighted by atomic mass is 9.98. The van der Waals surface area contributed by atoms with Gasteiger partial charge in [-0.3, -0.25) is 0 Å². The Kier molecular flexibility index (Phi) is 6.04. The van der Waals surface area contributed by atoms with Crippen LogP contribution in [0.3, 0.4) is 0 Å². The first-order chi connectivity index (χ1) is 10.1. The Morgan fingerprint density at radius 1 is 1.10 bits per heavy atom. The molecule has 1 unspecified atom stereocenters. The summed E-state index contributed by atoms with van der Waals surface area (Å²) in [5.41, 5.74) is 2.03. The maximum absolute atomic E-state index is 13.0. The van der Waals surface area contributed by atoms with Gasteiger partial charge in [0.1, 0.15) is 5.82 Å². The molecule has 0 spiro atoms. The van der Waals surface area contributed by atoms with Gasteiger partial charge in [-0.05, 0) is 60.8 Å². The highest BCUT2D eigenvalue weighted by atomic mass is 35.5. The molecule has 0 amide bonds. The molecule has 0 saturated carbocycles. The molecule has 21 heavy (non-hydrogen) atoms. The minimum atomic E-state index is -0.224. The van der Waals surface area contributed by atoms with Crippen LogP contribution in [0.2, 0.25) is 10.0 Å². The molecule has 1 atom stereocenters. The van der Waals surface area contributed by atoms with Crippen molar-refractivity contribution >= 4 is 23.2 Å². The highest BCUT2D eigenvalue weighted by Gasteiger charge is 2.15. The van der Waals surface area contributed by atoms with Gasteiger partial charge in [0.2, 0.25) is 0 Å². The molecular formula is C17H18Cl2FN. The lowest BCUT2D eigenvalue weighted by Gasteiger charge is -2.20. The molecule has 0 aliphatic carbocycles. The van der Waals surface area contributed by atoms with Gasteiger partial charge in [0.05, 0.1) is 0 Å². The molecule has 0 aliphatic heterocycles. The molecule has 0 bridgehead atoms. The Hall–Kier alpha value is -1.09. The van der Waals surface area contributed by atoms with Crippen molar-refractivity contribution in [2.45, 2.75) is 25.8 Å². The van der Waals surface area contributed by atoms with Crippen LogP contribution in [0.15, 0.2) is 42.5 Å². The summed E-state index contributed by atoms with van der Waals surface area (Å²) < 4.78 is 13.0. The summed E-state index contributed by atoms with van der Waals surface area (Å²) in [6.45, 7) is 3.00. The topological polar surface area (TPSA) is 12.0 Å². The zero-order valence-corrected chi connectivity index (χ0v) is 13.4. The fourth-order valence-electron chi connectivity index (χ4n) is 2.25. The standard InChI is InChI=1S/C17H18Cl2FN/c1-2-9-21-17(10-12-3-6-14(20)7-4-12)15-11-13(18)5-8-16(15)19/h3-8,11,17,21H,2,9-10H2,1H3. The lowest BCUT2D eigenvalue weighted by Crippen LogP contribution is -2.24. The van der Waals surface area contributed by atoms with Crippen LogP contribution in [-0.4, -0.2) is 6.54 Å². The zero-order valence-electron chi connectivity index (χ0n) is 11.9. The molecule has 2 rings (SSSR count). The van der Waals surface area contributed by atoms with Gasteiger partial charge in [-0.25, -0.2) is 4.39 Å². The zero-order chi connectivity index (χ0) is 15.2. The van der Waals surface area contributed by atoms with Crippen molar-refractivity contribution < 1.29 is 4.39 Å². The molecule has 112 valence electrons. The number of nitrogens with one attached hydrogen (secondary N) is 1. The van der Waals surface area contributed by atoms with Crippen LogP contribution >= 0.6 is 23.2 Å². The fourth-order valence-corrected chi connectivity index (χ4v) is 2.68. The number of halogens is 3. The van der Waals surface area contributed by atoms with E-state index < -0.39 is 0 Å². The summed E-state index contributed by atoms with van der Waals surface area (Å²) in [6.07, 6.45) is 1.76. The molecule has 0 radical (unpaired) electrons. The number of benzene rings is 2. The summed E-state index contributed by atoms with van der Waals surface area (Å²) >= 11 is 12.4. The molecular weight excluding hydrogens is 308 g/mol. The van der Waals surface area contributed by atoms with E-state index >= 15 is 0 Å². The predicted octanol–water partition coefficient (Wildman–Crippen LogP) is 5.42. The van der Waals surface area contributed by atoms with Crippen molar-refractivity contribution in [1.82, 2.24) is 5.32 Å². The Morgan fingerprint density at radius 2 is 1.81 bits per heavy atom. The second-order valence-corrected chi connectivity index (χ2v) is 5.85. The molecule has 0 saturated heterocycles. The molecule has 1 nitrogen and oxygen atoms in total. The number of hydrogen-bond acceptors (Lipinski definition) is 1. The van der Waals surface area contributed by atoms with Gasteiger partial charge in [0, 0.05) is 16.1 Å². The van der Waals surface area contributed by atoms with Crippen molar-refractivity contribution in [3.63, 3.8) is 0 Å². The average Bonchev–Trinajstić information content (AvgIpc) is 2.48. The van der Waals surface area contributed by atoms with Gasteiger partial charge in [0.25, 0.3) is 0 Å². The Bertz CT molecular complexity index is 584. The molecule has 2 aromatic carbocycles. The first kappa shape index (κ1) is 16.3. The van der Waals surface area contributed by atoms with Crippen LogP contribution in [0.4, 0.5) is 4.39 Å². The fraction of sp³-hybridized carbons (Fsp3) is 0.294. The highest BCUT2D eigenvalue weighted by molar-refractivity contribution is 6.33.